The Bertz CT molecular complexity index is 988. The Morgan fingerprint density at radius 1 is 1.15 bits per heavy atom. The van der Waals surface area contributed by atoms with Crippen LogP contribution in [-0.4, -0.2) is 17.2 Å². The highest BCUT2D eigenvalue weighted by Gasteiger charge is 2.21. The molecule has 3 aromatic rings. The van der Waals surface area contributed by atoms with Crippen LogP contribution in [0.4, 0.5) is 14.2 Å². The summed E-state index contributed by atoms with van der Waals surface area (Å²) in [5.41, 5.74) is 1.40. The first-order valence-electron chi connectivity index (χ1n) is 7.73. The van der Waals surface area contributed by atoms with E-state index < -0.39 is 17.9 Å². The van der Waals surface area contributed by atoms with Gasteiger partial charge in [-0.05, 0) is 23.8 Å². The first-order chi connectivity index (χ1) is 13.0. The van der Waals surface area contributed by atoms with Gasteiger partial charge in [0.25, 0.3) is 0 Å². The summed E-state index contributed by atoms with van der Waals surface area (Å²) in [7, 11) is 0. The first kappa shape index (κ1) is 19.1. The van der Waals surface area contributed by atoms with E-state index in [0.717, 1.165) is 15.8 Å². The number of nitrogens with one attached hydrogen (secondary N) is 1. The molecule has 0 radical (unpaired) electrons. The summed E-state index contributed by atoms with van der Waals surface area (Å²) in [5.74, 6) is -1.65. The zero-order chi connectivity index (χ0) is 19.4. The maximum atomic E-state index is 13.6. The van der Waals surface area contributed by atoms with Gasteiger partial charge in [0.05, 0.1) is 0 Å². The molecule has 3 rings (SSSR count). The van der Waals surface area contributed by atoms with E-state index in [1.54, 1.807) is 35.7 Å². The predicted octanol–water partition coefficient (Wildman–Crippen LogP) is 5.76. The van der Waals surface area contributed by atoms with E-state index in [9.17, 15) is 19.1 Å². The zero-order valence-electron chi connectivity index (χ0n) is 13.7. The number of carbonyl (C=O) groups excluding carboxylic acids is 1. The molecule has 8 heteroatoms. The zero-order valence-corrected chi connectivity index (χ0v) is 16.1. The molecule has 27 heavy (non-hydrogen) atoms. The van der Waals surface area contributed by atoms with E-state index in [0.29, 0.717) is 11.1 Å². The minimum atomic E-state index is -1.17. The van der Waals surface area contributed by atoms with Gasteiger partial charge in [0.1, 0.15) is 23.0 Å². The lowest BCUT2D eigenvalue weighted by atomic mass is 10.0. The second kappa shape index (κ2) is 8.32. The molecule has 0 fully saturated rings. The molecule has 0 aliphatic rings. The third-order valence-corrected chi connectivity index (χ3v) is 5.12. The van der Waals surface area contributed by atoms with Crippen molar-refractivity contribution in [2.24, 2.45) is 0 Å². The Morgan fingerprint density at radius 3 is 2.52 bits per heavy atom. The SMILES string of the molecule is O=C(Nc1scc(-c2ccc(Br)cc2)c1C(=O)O)OCc1ccccc1F. The van der Waals surface area contributed by atoms with E-state index in [-0.39, 0.29) is 22.7 Å². The van der Waals surface area contributed by atoms with Gasteiger partial charge in [-0.2, -0.15) is 0 Å². The predicted molar refractivity (Wildman–Crippen MR) is 105 cm³/mol. The normalized spacial score (nSPS) is 10.4. The molecule has 2 aromatic carbocycles. The molecule has 1 heterocycles. The van der Waals surface area contributed by atoms with Crippen LogP contribution < -0.4 is 5.32 Å². The average molecular weight is 450 g/mol. The number of aromatic carboxylic acids is 1. The topological polar surface area (TPSA) is 75.6 Å². The van der Waals surface area contributed by atoms with Crippen LogP contribution in [0.5, 0.6) is 0 Å². The molecule has 0 saturated heterocycles. The molecule has 0 bridgehead atoms. The van der Waals surface area contributed by atoms with Crippen molar-refractivity contribution in [1.82, 2.24) is 0 Å². The Balaban J connectivity index is 1.76. The maximum absolute atomic E-state index is 13.6. The van der Waals surface area contributed by atoms with Gasteiger partial charge in [-0.15, -0.1) is 11.3 Å². The number of hydrogen-bond acceptors (Lipinski definition) is 4. The van der Waals surface area contributed by atoms with Gasteiger partial charge < -0.3 is 9.84 Å². The van der Waals surface area contributed by atoms with Gasteiger partial charge in [0.2, 0.25) is 0 Å². The summed E-state index contributed by atoms with van der Waals surface area (Å²) in [6, 6.07) is 13.1. The molecule has 0 atom stereocenters. The largest absolute Gasteiger partial charge is 0.478 e. The van der Waals surface area contributed by atoms with Gasteiger partial charge in [0, 0.05) is 21.0 Å². The molecule has 0 saturated carbocycles. The number of hydrogen-bond donors (Lipinski definition) is 2. The van der Waals surface area contributed by atoms with Crippen LogP contribution >= 0.6 is 27.3 Å². The number of carbonyl (C=O) groups is 2. The Kier molecular flexibility index (Phi) is 5.88. The van der Waals surface area contributed by atoms with E-state index in [2.05, 4.69) is 21.2 Å². The highest BCUT2D eigenvalue weighted by Crippen LogP contribution is 2.36. The van der Waals surface area contributed by atoms with Crippen LogP contribution in [0.25, 0.3) is 11.1 Å². The lowest BCUT2D eigenvalue weighted by Crippen LogP contribution is -2.15. The van der Waals surface area contributed by atoms with E-state index in [1.165, 1.54) is 18.2 Å². The van der Waals surface area contributed by atoms with Gasteiger partial charge in [-0.25, -0.2) is 14.0 Å². The smallest absolute Gasteiger partial charge is 0.412 e. The standard InChI is InChI=1S/C19H13BrFNO4S/c20-13-7-5-11(6-8-13)14-10-27-17(16(14)18(23)24)22-19(25)26-9-12-3-1-2-4-15(12)21/h1-8,10H,9H2,(H,22,25)(H,23,24). The number of anilines is 1. The lowest BCUT2D eigenvalue weighted by Gasteiger charge is -2.08. The quantitative estimate of drug-likeness (QED) is 0.518. The number of halogens is 2. The number of carboxylic acid groups (broad SMARTS) is 1. The number of ether oxygens (including phenoxy) is 1. The summed E-state index contributed by atoms with van der Waals surface area (Å²) in [6.45, 7) is -0.258. The molecule has 0 aliphatic carbocycles. The second-order valence-electron chi connectivity index (χ2n) is 5.46. The minimum absolute atomic E-state index is 0.0230. The minimum Gasteiger partial charge on any atom is -0.478 e. The van der Waals surface area contributed by atoms with E-state index in [4.69, 9.17) is 4.74 Å². The molecule has 138 valence electrons. The summed E-state index contributed by atoms with van der Waals surface area (Å²) < 4.78 is 19.4. The molecule has 0 aliphatic heterocycles. The number of benzene rings is 2. The van der Waals surface area contributed by atoms with E-state index in [1.807, 2.05) is 0 Å². The van der Waals surface area contributed by atoms with Crippen LogP contribution in [-0.2, 0) is 11.3 Å². The summed E-state index contributed by atoms with van der Waals surface area (Å²) in [6.07, 6.45) is -0.857. The highest BCUT2D eigenvalue weighted by molar-refractivity contribution is 9.10. The molecule has 1 amide bonds. The summed E-state index contributed by atoms with van der Waals surface area (Å²) in [4.78, 5) is 23.7. The Labute approximate surface area is 166 Å². The Hall–Kier alpha value is -2.71. The first-order valence-corrected chi connectivity index (χ1v) is 9.41. The molecule has 1 aromatic heterocycles. The molecule has 5 nitrogen and oxygen atoms in total. The molecule has 0 unspecified atom stereocenters. The highest BCUT2D eigenvalue weighted by atomic mass is 79.9. The van der Waals surface area contributed by atoms with Crippen molar-refractivity contribution in [3.8, 4) is 11.1 Å². The molecular formula is C19H13BrFNO4S. The number of amides is 1. The van der Waals surface area contributed by atoms with Crippen molar-refractivity contribution < 1.29 is 23.8 Å². The van der Waals surface area contributed by atoms with Crippen molar-refractivity contribution >= 4 is 44.3 Å². The summed E-state index contributed by atoms with van der Waals surface area (Å²) >= 11 is 4.41. The van der Waals surface area contributed by atoms with Crippen molar-refractivity contribution in [3.05, 3.63) is 75.3 Å². The van der Waals surface area contributed by atoms with Crippen LogP contribution in [0.1, 0.15) is 15.9 Å². The van der Waals surface area contributed by atoms with Crippen molar-refractivity contribution in [2.45, 2.75) is 6.61 Å². The molecule has 0 spiro atoms. The monoisotopic (exact) mass is 449 g/mol. The van der Waals surface area contributed by atoms with Gasteiger partial charge in [-0.1, -0.05) is 46.3 Å². The number of carboxylic acids is 1. The fraction of sp³-hybridized carbons (Fsp3) is 0.0526. The average Bonchev–Trinajstić information content (AvgIpc) is 3.05. The van der Waals surface area contributed by atoms with Gasteiger partial charge in [-0.3, -0.25) is 5.32 Å². The van der Waals surface area contributed by atoms with Crippen LogP contribution in [0.3, 0.4) is 0 Å². The van der Waals surface area contributed by atoms with Crippen molar-refractivity contribution in [3.63, 3.8) is 0 Å². The van der Waals surface area contributed by atoms with Crippen LogP contribution in [0.2, 0.25) is 0 Å². The fourth-order valence-electron chi connectivity index (χ4n) is 2.39. The van der Waals surface area contributed by atoms with Gasteiger partial charge in [0.15, 0.2) is 0 Å². The summed E-state index contributed by atoms with van der Waals surface area (Å²) in [5, 5.41) is 13.8. The second-order valence-corrected chi connectivity index (χ2v) is 7.25. The van der Waals surface area contributed by atoms with Crippen LogP contribution in [0.15, 0.2) is 58.4 Å². The van der Waals surface area contributed by atoms with Crippen molar-refractivity contribution in [2.75, 3.05) is 5.32 Å². The maximum Gasteiger partial charge on any atom is 0.412 e. The molecular weight excluding hydrogens is 437 g/mol. The number of thiophene rings is 1. The van der Waals surface area contributed by atoms with E-state index >= 15 is 0 Å². The number of rotatable bonds is 5. The Morgan fingerprint density at radius 2 is 1.85 bits per heavy atom. The van der Waals surface area contributed by atoms with Crippen LogP contribution in [0, 0.1) is 5.82 Å². The fourth-order valence-corrected chi connectivity index (χ4v) is 3.60. The third kappa shape index (κ3) is 4.53. The lowest BCUT2D eigenvalue weighted by molar-refractivity contribution is 0.0699. The third-order valence-electron chi connectivity index (χ3n) is 3.69. The molecule has 2 N–H and O–H groups in total. The van der Waals surface area contributed by atoms with Gasteiger partial charge >= 0.3 is 12.1 Å². The van der Waals surface area contributed by atoms with Crippen molar-refractivity contribution in [1.29, 1.82) is 0 Å².